The van der Waals surface area contributed by atoms with Crippen LogP contribution in [0.4, 0.5) is 4.39 Å². The minimum absolute atomic E-state index is 0.129. The van der Waals surface area contributed by atoms with Crippen molar-refractivity contribution in [3.63, 3.8) is 0 Å². The van der Waals surface area contributed by atoms with Crippen molar-refractivity contribution in [1.82, 2.24) is 9.62 Å². The lowest BCUT2D eigenvalue weighted by Gasteiger charge is -2.19. The molecule has 1 saturated heterocycles. The van der Waals surface area contributed by atoms with E-state index >= 15 is 0 Å². The number of benzene rings is 1. The van der Waals surface area contributed by atoms with Gasteiger partial charge < -0.3 is 10.1 Å². The molecule has 1 N–H and O–H groups in total. The van der Waals surface area contributed by atoms with Crippen LogP contribution < -0.4 is 10.1 Å². The first-order valence-electron chi connectivity index (χ1n) is 6.58. The Labute approximate surface area is 132 Å². The molecule has 5 nitrogen and oxygen atoms in total. The largest absolute Gasteiger partial charge is 0.495 e. The minimum Gasteiger partial charge on any atom is -0.495 e. The van der Waals surface area contributed by atoms with Gasteiger partial charge in [0.05, 0.1) is 11.6 Å². The quantitative estimate of drug-likeness (QED) is 0.846. The molecular weight excluding hydrogens is 363 g/mol. The number of ether oxygens (including phenoxy) is 1. The summed E-state index contributed by atoms with van der Waals surface area (Å²) in [6.45, 7) is 1.64. The molecule has 1 aliphatic rings. The van der Waals surface area contributed by atoms with E-state index in [9.17, 15) is 12.8 Å². The fourth-order valence-electron chi connectivity index (χ4n) is 2.48. The van der Waals surface area contributed by atoms with Gasteiger partial charge >= 0.3 is 0 Å². The highest BCUT2D eigenvalue weighted by molar-refractivity contribution is 9.10. The van der Waals surface area contributed by atoms with Gasteiger partial charge in [-0.15, -0.1) is 0 Å². The fraction of sp³-hybridized carbons (Fsp3) is 0.538. The summed E-state index contributed by atoms with van der Waals surface area (Å²) in [7, 11) is -0.547. The van der Waals surface area contributed by atoms with Crippen LogP contribution in [0.5, 0.6) is 5.75 Å². The molecule has 0 amide bonds. The zero-order valence-corrected chi connectivity index (χ0v) is 14.3. The molecule has 2 rings (SSSR count). The van der Waals surface area contributed by atoms with E-state index in [4.69, 9.17) is 4.74 Å². The molecule has 0 aromatic heterocycles. The van der Waals surface area contributed by atoms with Gasteiger partial charge in [-0.25, -0.2) is 12.8 Å². The van der Waals surface area contributed by atoms with Crippen LogP contribution in [0.15, 0.2) is 21.5 Å². The Morgan fingerprint density at radius 1 is 1.52 bits per heavy atom. The molecule has 21 heavy (non-hydrogen) atoms. The summed E-state index contributed by atoms with van der Waals surface area (Å²) in [5, 5.41) is 3.05. The molecule has 1 fully saturated rings. The predicted octanol–water partition coefficient (Wildman–Crippen LogP) is 1.83. The second-order valence-corrected chi connectivity index (χ2v) is 7.75. The molecule has 0 aliphatic carbocycles. The maximum atomic E-state index is 13.7. The maximum absolute atomic E-state index is 13.7. The van der Waals surface area contributed by atoms with E-state index < -0.39 is 15.8 Å². The van der Waals surface area contributed by atoms with Gasteiger partial charge in [-0.3, -0.25) is 0 Å². The molecule has 1 heterocycles. The number of nitrogens with one attached hydrogen (secondary N) is 1. The lowest BCUT2D eigenvalue weighted by atomic mass is 10.1. The number of methoxy groups -OCH3 is 1. The van der Waals surface area contributed by atoms with Gasteiger partial charge in [0.15, 0.2) is 0 Å². The molecule has 1 atom stereocenters. The number of halogens is 2. The van der Waals surface area contributed by atoms with Gasteiger partial charge in [-0.2, -0.15) is 4.31 Å². The predicted molar refractivity (Wildman–Crippen MR) is 81.4 cm³/mol. The van der Waals surface area contributed by atoms with Crippen LogP contribution in [0.2, 0.25) is 0 Å². The first-order chi connectivity index (χ1) is 9.90. The van der Waals surface area contributed by atoms with E-state index in [0.29, 0.717) is 13.1 Å². The SMILES string of the molecule is CNCC1CCN(S(=O)(=O)c2cc(F)c(Br)cc2OC)C1. The highest BCUT2D eigenvalue weighted by Gasteiger charge is 2.34. The molecule has 1 aromatic carbocycles. The standard InChI is InChI=1S/C13H18BrFN2O3S/c1-16-7-9-3-4-17(8-9)21(18,19)13-6-11(15)10(14)5-12(13)20-2/h5-6,9,16H,3-4,7-8H2,1-2H3. The Morgan fingerprint density at radius 2 is 2.24 bits per heavy atom. The molecular formula is C13H18BrFN2O3S. The van der Waals surface area contributed by atoms with Gasteiger partial charge in [0.25, 0.3) is 0 Å². The van der Waals surface area contributed by atoms with E-state index in [-0.39, 0.29) is 21.0 Å². The molecule has 1 aromatic rings. The zero-order chi connectivity index (χ0) is 15.6. The number of hydrogen-bond donors (Lipinski definition) is 1. The van der Waals surface area contributed by atoms with Crippen molar-refractivity contribution >= 4 is 26.0 Å². The number of rotatable bonds is 5. The average Bonchev–Trinajstić information content (AvgIpc) is 2.91. The second kappa shape index (κ2) is 6.60. The van der Waals surface area contributed by atoms with E-state index in [1.807, 2.05) is 7.05 Å². The molecule has 1 aliphatic heterocycles. The smallest absolute Gasteiger partial charge is 0.246 e. The first kappa shape index (κ1) is 16.7. The Hall–Kier alpha value is -0.700. The molecule has 0 bridgehead atoms. The number of hydrogen-bond acceptors (Lipinski definition) is 4. The van der Waals surface area contributed by atoms with Crippen molar-refractivity contribution in [2.75, 3.05) is 33.8 Å². The number of nitrogens with zero attached hydrogens (tertiary/aromatic N) is 1. The summed E-state index contributed by atoms with van der Waals surface area (Å²) in [5.74, 6) is -0.211. The number of sulfonamides is 1. The summed E-state index contributed by atoms with van der Waals surface area (Å²) in [5.41, 5.74) is 0. The van der Waals surface area contributed by atoms with E-state index in [0.717, 1.165) is 19.0 Å². The van der Waals surface area contributed by atoms with Crippen LogP contribution in [0.1, 0.15) is 6.42 Å². The van der Waals surface area contributed by atoms with Crippen LogP contribution in [-0.2, 0) is 10.0 Å². The summed E-state index contributed by atoms with van der Waals surface area (Å²) in [4.78, 5) is -0.129. The van der Waals surface area contributed by atoms with Gasteiger partial charge in [-0.05, 0) is 54.0 Å². The molecule has 1 unspecified atom stereocenters. The monoisotopic (exact) mass is 380 g/mol. The van der Waals surface area contributed by atoms with Crippen LogP contribution in [0.25, 0.3) is 0 Å². The van der Waals surface area contributed by atoms with Crippen molar-refractivity contribution in [1.29, 1.82) is 0 Å². The highest BCUT2D eigenvalue weighted by Crippen LogP contribution is 2.33. The third kappa shape index (κ3) is 3.39. The van der Waals surface area contributed by atoms with Crippen LogP contribution in [-0.4, -0.2) is 46.5 Å². The Morgan fingerprint density at radius 3 is 2.86 bits per heavy atom. The Balaban J connectivity index is 2.34. The average molecular weight is 381 g/mol. The van der Waals surface area contributed by atoms with Gasteiger partial charge in [-0.1, -0.05) is 0 Å². The van der Waals surface area contributed by atoms with Crippen molar-refractivity contribution in [3.05, 3.63) is 22.4 Å². The van der Waals surface area contributed by atoms with Crippen molar-refractivity contribution in [2.45, 2.75) is 11.3 Å². The molecule has 118 valence electrons. The van der Waals surface area contributed by atoms with Crippen LogP contribution in [0, 0.1) is 11.7 Å². The summed E-state index contributed by atoms with van der Waals surface area (Å²) >= 11 is 3.03. The normalized spacial score (nSPS) is 19.9. The third-order valence-corrected chi connectivity index (χ3v) is 6.06. The zero-order valence-electron chi connectivity index (χ0n) is 11.9. The Kier molecular flexibility index (Phi) is 5.24. The highest BCUT2D eigenvalue weighted by atomic mass is 79.9. The van der Waals surface area contributed by atoms with Crippen molar-refractivity contribution in [3.8, 4) is 5.75 Å². The molecule has 8 heteroatoms. The van der Waals surface area contributed by atoms with Gasteiger partial charge in [0.1, 0.15) is 16.5 Å². The second-order valence-electron chi connectivity index (χ2n) is 4.99. The van der Waals surface area contributed by atoms with Crippen LogP contribution in [0.3, 0.4) is 0 Å². The first-order valence-corrected chi connectivity index (χ1v) is 8.81. The Bertz CT molecular complexity index is 624. The topological polar surface area (TPSA) is 58.6 Å². The third-order valence-electron chi connectivity index (χ3n) is 3.57. The summed E-state index contributed by atoms with van der Waals surface area (Å²) < 4.78 is 45.7. The van der Waals surface area contributed by atoms with E-state index in [1.54, 1.807) is 0 Å². The fourth-order valence-corrected chi connectivity index (χ4v) is 4.48. The molecule has 0 radical (unpaired) electrons. The van der Waals surface area contributed by atoms with E-state index in [1.165, 1.54) is 17.5 Å². The summed E-state index contributed by atoms with van der Waals surface area (Å²) in [6, 6.07) is 2.34. The lowest BCUT2D eigenvalue weighted by Crippen LogP contribution is -2.30. The minimum atomic E-state index is -3.75. The van der Waals surface area contributed by atoms with Crippen LogP contribution >= 0.6 is 15.9 Å². The van der Waals surface area contributed by atoms with Crippen molar-refractivity contribution in [2.24, 2.45) is 5.92 Å². The van der Waals surface area contributed by atoms with Gasteiger partial charge in [0.2, 0.25) is 10.0 Å². The molecule has 0 saturated carbocycles. The van der Waals surface area contributed by atoms with Gasteiger partial charge in [0, 0.05) is 13.1 Å². The maximum Gasteiger partial charge on any atom is 0.246 e. The van der Waals surface area contributed by atoms with Crippen molar-refractivity contribution < 1.29 is 17.5 Å². The van der Waals surface area contributed by atoms with E-state index in [2.05, 4.69) is 21.2 Å². The molecule has 0 spiro atoms. The summed E-state index contributed by atoms with van der Waals surface area (Å²) in [6.07, 6.45) is 0.793. The lowest BCUT2D eigenvalue weighted by molar-refractivity contribution is 0.394.